The van der Waals surface area contributed by atoms with E-state index >= 15 is 4.39 Å². The summed E-state index contributed by atoms with van der Waals surface area (Å²) in [7, 11) is 0. The SMILES string of the molecule is C#Cc1c(F)ccc2cc(O)cc(-c3ncc4c(N5CC6CCC(C5)C6(C)O)nc(OC[C@@]56CCCN5C[C@H](F)C6)nc4c3F)c12. The molecule has 46 heavy (non-hydrogen) atoms. The number of aromatic hydroxyl groups is 1. The Kier molecular flexibility index (Phi) is 6.64. The van der Waals surface area contributed by atoms with Gasteiger partial charge in [-0.25, -0.2) is 13.2 Å². The molecule has 0 spiro atoms. The molecule has 4 aliphatic rings. The highest BCUT2D eigenvalue weighted by molar-refractivity contribution is 6.03. The van der Waals surface area contributed by atoms with Gasteiger partial charge in [-0.15, -0.1) is 6.42 Å². The molecular formula is C35H34F3N5O3. The zero-order valence-electron chi connectivity index (χ0n) is 25.4. The maximum atomic E-state index is 16.8. The lowest BCUT2D eigenvalue weighted by molar-refractivity contribution is -0.0273. The summed E-state index contributed by atoms with van der Waals surface area (Å²) >= 11 is 0. The Labute approximate surface area is 264 Å². The molecule has 4 aromatic rings. The van der Waals surface area contributed by atoms with Crippen molar-refractivity contribution >= 4 is 27.5 Å². The first-order valence-electron chi connectivity index (χ1n) is 15.9. The van der Waals surface area contributed by atoms with E-state index in [-0.39, 0.29) is 57.9 Å². The highest BCUT2D eigenvalue weighted by Gasteiger charge is 2.51. The van der Waals surface area contributed by atoms with Crippen LogP contribution in [-0.2, 0) is 0 Å². The summed E-state index contributed by atoms with van der Waals surface area (Å²) in [5.74, 6) is 1.21. The first-order valence-corrected chi connectivity index (χ1v) is 15.9. The number of benzene rings is 2. The summed E-state index contributed by atoms with van der Waals surface area (Å²) in [4.78, 5) is 18.0. The van der Waals surface area contributed by atoms with Gasteiger partial charge in [-0.2, -0.15) is 9.97 Å². The summed E-state index contributed by atoms with van der Waals surface area (Å²) in [5, 5.41) is 22.7. The van der Waals surface area contributed by atoms with Crippen LogP contribution >= 0.6 is 0 Å². The Balaban J connectivity index is 1.28. The number of halogens is 3. The van der Waals surface area contributed by atoms with E-state index in [9.17, 15) is 19.0 Å². The Hall–Kier alpha value is -4.14. The lowest BCUT2D eigenvalue weighted by Gasteiger charge is -2.43. The van der Waals surface area contributed by atoms with Gasteiger partial charge in [0.05, 0.1) is 22.1 Å². The number of hydrogen-bond acceptors (Lipinski definition) is 8. The van der Waals surface area contributed by atoms with E-state index in [1.807, 2.05) is 11.8 Å². The largest absolute Gasteiger partial charge is 0.508 e. The number of piperidine rings is 1. The predicted molar refractivity (Wildman–Crippen MR) is 167 cm³/mol. The average Bonchev–Trinajstić information content (AvgIpc) is 3.56. The molecule has 11 heteroatoms. The second-order valence-corrected chi connectivity index (χ2v) is 13.6. The number of ether oxygens (including phenoxy) is 1. The van der Waals surface area contributed by atoms with Crippen molar-refractivity contribution in [3.8, 4) is 35.4 Å². The molecular weight excluding hydrogens is 595 g/mol. The van der Waals surface area contributed by atoms with Crippen molar-refractivity contribution in [3.63, 3.8) is 0 Å². The normalized spacial score (nSPS) is 29.0. The minimum absolute atomic E-state index is 0.0133. The van der Waals surface area contributed by atoms with Crippen LogP contribution in [0, 0.1) is 35.8 Å². The lowest BCUT2D eigenvalue weighted by atomic mass is 9.82. The molecule has 2 N–H and O–H groups in total. The third kappa shape index (κ3) is 4.41. The lowest BCUT2D eigenvalue weighted by Crippen LogP contribution is -2.52. The molecule has 0 amide bonds. The maximum Gasteiger partial charge on any atom is 0.319 e. The van der Waals surface area contributed by atoms with E-state index < -0.39 is 28.9 Å². The predicted octanol–water partition coefficient (Wildman–Crippen LogP) is 5.36. The van der Waals surface area contributed by atoms with Crippen LogP contribution < -0.4 is 9.64 Å². The fourth-order valence-corrected chi connectivity index (χ4v) is 8.57. The van der Waals surface area contributed by atoms with Crippen LogP contribution in [0.2, 0.25) is 0 Å². The quantitative estimate of drug-likeness (QED) is 0.285. The van der Waals surface area contributed by atoms with Gasteiger partial charge < -0.3 is 19.8 Å². The van der Waals surface area contributed by atoms with E-state index in [0.717, 1.165) is 32.2 Å². The smallest absolute Gasteiger partial charge is 0.319 e. The molecule has 1 saturated carbocycles. The Morgan fingerprint density at radius 3 is 2.67 bits per heavy atom. The van der Waals surface area contributed by atoms with E-state index in [1.165, 1.54) is 30.5 Å². The van der Waals surface area contributed by atoms with Crippen LogP contribution in [0.5, 0.6) is 11.8 Å². The number of nitrogens with zero attached hydrogens (tertiary/aromatic N) is 5. The summed E-state index contributed by atoms with van der Waals surface area (Å²) in [6.07, 6.45) is 10.1. The molecule has 0 radical (unpaired) electrons. The number of terminal acetylenes is 1. The van der Waals surface area contributed by atoms with Crippen LogP contribution in [0.4, 0.5) is 19.0 Å². The molecule has 2 bridgehead atoms. The van der Waals surface area contributed by atoms with Crippen molar-refractivity contribution in [2.45, 2.75) is 56.3 Å². The molecule has 5 heterocycles. The number of rotatable bonds is 5. The zero-order valence-corrected chi connectivity index (χ0v) is 25.4. The van der Waals surface area contributed by atoms with E-state index in [2.05, 4.69) is 20.8 Å². The monoisotopic (exact) mass is 629 g/mol. The van der Waals surface area contributed by atoms with Crippen molar-refractivity contribution in [1.82, 2.24) is 19.9 Å². The fraction of sp³-hybridized carbons (Fsp3) is 0.457. The molecule has 3 saturated heterocycles. The molecule has 2 unspecified atom stereocenters. The summed E-state index contributed by atoms with van der Waals surface area (Å²) in [6.45, 7) is 4.24. The summed E-state index contributed by atoms with van der Waals surface area (Å²) in [5.41, 5.74) is -1.42. The molecule has 4 fully saturated rings. The van der Waals surface area contributed by atoms with Crippen LogP contribution in [0.3, 0.4) is 0 Å². The number of alkyl halides is 1. The van der Waals surface area contributed by atoms with Gasteiger partial charge in [0.25, 0.3) is 0 Å². The number of aliphatic hydroxyl groups is 1. The second-order valence-electron chi connectivity index (χ2n) is 13.6. The molecule has 238 valence electrons. The molecule has 2 aromatic carbocycles. The first-order chi connectivity index (χ1) is 22.1. The Morgan fingerprint density at radius 2 is 1.91 bits per heavy atom. The molecule has 3 aliphatic heterocycles. The van der Waals surface area contributed by atoms with Crippen LogP contribution in [0.25, 0.3) is 32.9 Å². The van der Waals surface area contributed by atoms with Crippen molar-refractivity contribution in [1.29, 1.82) is 0 Å². The number of phenolic OH excluding ortho intramolecular Hbond substituents is 1. The molecule has 4 atom stereocenters. The fourth-order valence-electron chi connectivity index (χ4n) is 8.57. The van der Waals surface area contributed by atoms with Gasteiger partial charge in [0, 0.05) is 55.0 Å². The van der Waals surface area contributed by atoms with Gasteiger partial charge in [-0.3, -0.25) is 9.88 Å². The number of aromatic nitrogens is 3. The first kappa shape index (κ1) is 29.3. The van der Waals surface area contributed by atoms with Crippen molar-refractivity contribution < 1.29 is 28.1 Å². The van der Waals surface area contributed by atoms with Gasteiger partial charge in [0.2, 0.25) is 0 Å². The van der Waals surface area contributed by atoms with E-state index in [1.54, 1.807) is 0 Å². The molecule has 2 aromatic heterocycles. The van der Waals surface area contributed by atoms with E-state index in [0.29, 0.717) is 42.6 Å². The van der Waals surface area contributed by atoms with Crippen molar-refractivity contribution in [3.05, 3.63) is 47.7 Å². The maximum absolute atomic E-state index is 16.8. The third-order valence-corrected chi connectivity index (χ3v) is 11.0. The molecule has 8 nitrogen and oxygen atoms in total. The minimum atomic E-state index is -0.936. The number of anilines is 1. The topological polar surface area (TPSA) is 94.8 Å². The standard InChI is InChI=1S/C35H34F3N5O3/c1-3-24-27(37)8-5-19-11-23(44)12-25(28(19)24)30-29(38)31-26(14-39-30)32(42-15-20-6-7-21(16-42)34(20,2)45)41-33(40-31)46-18-35-9-4-10-43(35)17-22(36)13-35/h1,5,8,11-12,14,20-22,44-45H,4,6-7,9-10,13,15-18H2,2H3/t20?,21?,22-,34?,35+/m1/s1. The Bertz CT molecular complexity index is 1930. The second kappa shape index (κ2) is 10.4. The Morgan fingerprint density at radius 1 is 1.13 bits per heavy atom. The van der Waals surface area contributed by atoms with Gasteiger partial charge >= 0.3 is 6.01 Å². The minimum Gasteiger partial charge on any atom is -0.508 e. The van der Waals surface area contributed by atoms with Gasteiger partial charge in [0.1, 0.15) is 41.4 Å². The van der Waals surface area contributed by atoms with E-state index in [4.69, 9.17) is 16.1 Å². The average molecular weight is 630 g/mol. The highest BCUT2D eigenvalue weighted by atomic mass is 19.1. The van der Waals surface area contributed by atoms with Gasteiger partial charge in [0.15, 0.2) is 5.82 Å². The number of phenols is 1. The van der Waals surface area contributed by atoms with Gasteiger partial charge in [-0.05, 0) is 62.7 Å². The van der Waals surface area contributed by atoms with Crippen LogP contribution in [0.15, 0.2) is 30.5 Å². The number of pyridine rings is 1. The zero-order chi connectivity index (χ0) is 32.0. The number of fused-ring (bicyclic) bond motifs is 5. The van der Waals surface area contributed by atoms with Crippen molar-refractivity contribution in [2.24, 2.45) is 11.8 Å². The summed E-state index contributed by atoms with van der Waals surface area (Å²) in [6, 6.07) is 5.38. The molecule has 1 aliphatic carbocycles. The summed E-state index contributed by atoms with van der Waals surface area (Å²) < 4.78 is 52.4. The van der Waals surface area contributed by atoms with Crippen LogP contribution in [0.1, 0.15) is 44.6 Å². The van der Waals surface area contributed by atoms with Gasteiger partial charge in [-0.1, -0.05) is 12.0 Å². The van der Waals surface area contributed by atoms with Crippen LogP contribution in [-0.4, -0.2) is 80.2 Å². The highest BCUT2D eigenvalue weighted by Crippen LogP contribution is 2.47. The number of hydrogen-bond donors (Lipinski definition) is 2. The molecule has 8 rings (SSSR count). The third-order valence-electron chi connectivity index (χ3n) is 11.0. The van der Waals surface area contributed by atoms with Crippen molar-refractivity contribution in [2.75, 3.05) is 37.7 Å².